The molecule has 0 bridgehead atoms. The maximum absolute atomic E-state index is 13.2. The van der Waals surface area contributed by atoms with Gasteiger partial charge in [0.05, 0.1) is 5.69 Å². The van der Waals surface area contributed by atoms with Crippen molar-refractivity contribution in [3.8, 4) is 5.75 Å². The Morgan fingerprint density at radius 1 is 1.19 bits per heavy atom. The number of aromatic nitrogens is 1. The molecule has 2 aliphatic heterocycles. The molecule has 0 saturated carbocycles. The summed E-state index contributed by atoms with van der Waals surface area (Å²) in [5, 5.41) is 0. The second-order valence-electron chi connectivity index (χ2n) is 8.73. The summed E-state index contributed by atoms with van der Waals surface area (Å²) >= 11 is 0. The lowest BCUT2D eigenvalue weighted by atomic mass is 9.99. The fourth-order valence-electron chi connectivity index (χ4n) is 4.65. The molecule has 2 aliphatic rings. The first-order valence-electron chi connectivity index (χ1n) is 11.6. The molecule has 3 heterocycles. The van der Waals surface area contributed by atoms with Gasteiger partial charge in [0.2, 0.25) is 0 Å². The highest BCUT2D eigenvalue weighted by Gasteiger charge is 2.29. The topological polar surface area (TPSA) is 45.7 Å². The normalized spacial score (nSPS) is 22.0. The van der Waals surface area contributed by atoms with Crippen LogP contribution >= 0.6 is 0 Å². The molecular formula is C27H33N3O2. The van der Waals surface area contributed by atoms with Crippen LogP contribution < -0.4 is 4.74 Å². The zero-order chi connectivity index (χ0) is 22.3. The van der Waals surface area contributed by atoms with Crippen LogP contribution in [0.2, 0.25) is 0 Å². The maximum Gasteiger partial charge on any atom is 0.254 e. The van der Waals surface area contributed by atoms with Gasteiger partial charge in [0.15, 0.2) is 0 Å². The molecule has 1 amide bonds. The van der Waals surface area contributed by atoms with Gasteiger partial charge in [-0.05, 0) is 69.0 Å². The molecule has 0 unspecified atom stereocenters. The first kappa shape index (κ1) is 22.3. The summed E-state index contributed by atoms with van der Waals surface area (Å²) in [7, 11) is 0. The van der Waals surface area contributed by atoms with Gasteiger partial charge in [-0.15, -0.1) is 6.58 Å². The van der Waals surface area contributed by atoms with Crippen molar-refractivity contribution in [1.29, 1.82) is 0 Å². The number of rotatable bonds is 7. The lowest BCUT2D eigenvalue weighted by Crippen LogP contribution is -2.46. The van der Waals surface area contributed by atoms with E-state index in [-0.39, 0.29) is 24.1 Å². The lowest BCUT2D eigenvalue weighted by molar-refractivity contribution is 0.0622. The van der Waals surface area contributed by atoms with Gasteiger partial charge in [0.1, 0.15) is 11.9 Å². The average Bonchev–Trinajstić information content (AvgIpc) is 2.82. The van der Waals surface area contributed by atoms with Crippen LogP contribution in [-0.2, 0) is 6.54 Å². The van der Waals surface area contributed by atoms with Gasteiger partial charge >= 0.3 is 0 Å². The molecule has 1 aromatic carbocycles. The van der Waals surface area contributed by atoms with E-state index in [0.29, 0.717) is 5.56 Å². The molecule has 5 heteroatoms. The van der Waals surface area contributed by atoms with Crippen molar-refractivity contribution < 1.29 is 9.53 Å². The van der Waals surface area contributed by atoms with Gasteiger partial charge in [-0.1, -0.05) is 24.3 Å². The number of carbonyl (C=O) groups excluding carboxylic acids is 1. The van der Waals surface area contributed by atoms with Gasteiger partial charge in [0, 0.05) is 43.5 Å². The summed E-state index contributed by atoms with van der Waals surface area (Å²) in [6.45, 7) is 8.82. The van der Waals surface area contributed by atoms with Crippen molar-refractivity contribution in [2.24, 2.45) is 0 Å². The fourth-order valence-corrected chi connectivity index (χ4v) is 4.65. The van der Waals surface area contributed by atoms with Crippen molar-refractivity contribution in [3.05, 3.63) is 84.7 Å². The molecule has 168 valence electrons. The molecule has 0 spiro atoms. The van der Waals surface area contributed by atoms with Crippen molar-refractivity contribution in [2.45, 2.75) is 57.3 Å². The minimum Gasteiger partial charge on any atom is -0.490 e. The number of carbonyl (C=O) groups is 1. The molecule has 32 heavy (non-hydrogen) atoms. The Kier molecular flexibility index (Phi) is 7.38. The maximum atomic E-state index is 13.2. The molecule has 0 N–H and O–H groups in total. The van der Waals surface area contributed by atoms with Gasteiger partial charge in [-0.3, -0.25) is 14.7 Å². The summed E-state index contributed by atoms with van der Waals surface area (Å²) < 4.78 is 6.22. The molecule has 4 rings (SSSR count). The lowest BCUT2D eigenvalue weighted by Gasteiger charge is -2.37. The van der Waals surface area contributed by atoms with Crippen molar-refractivity contribution in [2.75, 3.05) is 13.1 Å². The Bertz CT molecular complexity index is 918. The van der Waals surface area contributed by atoms with Crippen LogP contribution in [-0.4, -0.2) is 52.0 Å². The first-order valence-corrected chi connectivity index (χ1v) is 11.6. The van der Waals surface area contributed by atoms with E-state index in [9.17, 15) is 4.79 Å². The molecular weight excluding hydrogens is 398 g/mol. The van der Waals surface area contributed by atoms with E-state index in [0.717, 1.165) is 56.8 Å². The van der Waals surface area contributed by atoms with Crippen LogP contribution in [0.4, 0.5) is 0 Å². The van der Waals surface area contributed by atoms with E-state index in [4.69, 9.17) is 4.74 Å². The molecule has 1 aromatic heterocycles. The van der Waals surface area contributed by atoms with Crippen molar-refractivity contribution in [3.63, 3.8) is 0 Å². The minimum atomic E-state index is 0.0723. The number of piperidine rings is 1. The number of ether oxygens (including phenoxy) is 1. The van der Waals surface area contributed by atoms with Gasteiger partial charge in [0.25, 0.3) is 5.91 Å². The van der Waals surface area contributed by atoms with Crippen LogP contribution in [0.5, 0.6) is 5.75 Å². The summed E-state index contributed by atoms with van der Waals surface area (Å²) in [6, 6.07) is 14.0. The minimum absolute atomic E-state index is 0.0723. The number of amides is 1. The Morgan fingerprint density at radius 2 is 1.97 bits per heavy atom. The number of hydrogen-bond acceptors (Lipinski definition) is 4. The highest BCUT2D eigenvalue weighted by atomic mass is 16.5. The van der Waals surface area contributed by atoms with E-state index in [1.54, 1.807) is 0 Å². The third-order valence-corrected chi connectivity index (χ3v) is 6.38. The molecule has 1 saturated heterocycles. The van der Waals surface area contributed by atoms with E-state index in [2.05, 4.69) is 41.6 Å². The van der Waals surface area contributed by atoms with Crippen LogP contribution in [0.15, 0.2) is 73.5 Å². The van der Waals surface area contributed by atoms with Crippen molar-refractivity contribution in [1.82, 2.24) is 14.8 Å². The second-order valence-corrected chi connectivity index (χ2v) is 8.73. The number of pyridine rings is 1. The van der Waals surface area contributed by atoms with E-state index in [1.165, 1.54) is 0 Å². The average molecular weight is 432 g/mol. The Balaban J connectivity index is 1.31. The van der Waals surface area contributed by atoms with Gasteiger partial charge in [-0.2, -0.15) is 0 Å². The number of hydrogen-bond donors (Lipinski definition) is 0. The van der Waals surface area contributed by atoms with Crippen LogP contribution in [0.1, 0.15) is 48.7 Å². The number of likely N-dealkylation sites (tertiary alicyclic amines) is 1. The summed E-state index contributed by atoms with van der Waals surface area (Å²) in [6.07, 6.45) is 11.9. The molecule has 1 fully saturated rings. The summed E-state index contributed by atoms with van der Waals surface area (Å²) in [5.41, 5.74) is 1.82. The molecule has 0 aliphatic carbocycles. The van der Waals surface area contributed by atoms with E-state index in [1.807, 2.05) is 53.6 Å². The smallest absolute Gasteiger partial charge is 0.254 e. The Hall–Kier alpha value is -2.92. The summed E-state index contributed by atoms with van der Waals surface area (Å²) in [4.78, 5) is 22.0. The largest absolute Gasteiger partial charge is 0.490 e. The zero-order valence-corrected chi connectivity index (χ0v) is 18.9. The number of nitrogens with zero attached hydrogens (tertiary/aromatic N) is 3. The Morgan fingerprint density at radius 3 is 2.66 bits per heavy atom. The van der Waals surface area contributed by atoms with E-state index < -0.39 is 0 Å². The third-order valence-electron chi connectivity index (χ3n) is 6.38. The molecule has 0 radical (unpaired) electrons. The first-order chi connectivity index (χ1) is 15.6. The monoisotopic (exact) mass is 431 g/mol. The SMILES string of the molecule is C=CC[C@@H]1CC=C[C@@H](C)N1C(=O)c1ccc(OC2CCN(Cc3ccccn3)CC2)cc1. The van der Waals surface area contributed by atoms with Crippen LogP contribution in [0.3, 0.4) is 0 Å². The second kappa shape index (κ2) is 10.6. The van der Waals surface area contributed by atoms with Gasteiger partial charge in [-0.25, -0.2) is 0 Å². The molecule has 2 atom stereocenters. The summed E-state index contributed by atoms with van der Waals surface area (Å²) in [5.74, 6) is 0.905. The number of benzene rings is 1. The molecule has 2 aromatic rings. The van der Waals surface area contributed by atoms with Gasteiger partial charge < -0.3 is 9.64 Å². The van der Waals surface area contributed by atoms with Crippen LogP contribution in [0.25, 0.3) is 0 Å². The Labute approximate surface area is 191 Å². The predicted molar refractivity (Wildman–Crippen MR) is 128 cm³/mol. The van der Waals surface area contributed by atoms with Crippen molar-refractivity contribution >= 4 is 5.91 Å². The predicted octanol–water partition coefficient (Wildman–Crippen LogP) is 4.86. The highest BCUT2D eigenvalue weighted by Crippen LogP contribution is 2.25. The van der Waals surface area contributed by atoms with E-state index >= 15 is 0 Å². The molecule has 5 nitrogen and oxygen atoms in total. The fraction of sp³-hybridized carbons (Fsp3) is 0.407. The quantitative estimate of drug-likeness (QED) is 0.588. The van der Waals surface area contributed by atoms with Crippen LogP contribution in [0, 0.1) is 0 Å². The standard InChI is InChI=1S/C27H33N3O2/c1-3-7-24-10-6-8-21(2)30(24)27(31)22-11-13-25(14-12-22)32-26-15-18-29(19-16-26)20-23-9-4-5-17-28-23/h3-6,8-9,11-14,17,21,24,26H,1,7,10,15-16,18-20H2,2H3/t21-,24-/m1/s1. The third kappa shape index (κ3) is 5.46. The zero-order valence-electron chi connectivity index (χ0n) is 18.9. The highest BCUT2D eigenvalue weighted by molar-refractivity contribution is 5.95.